The summed E-state index contributed by atoms with van der Waals surface area (Å²) in [6.07, 6.45) is 3.36. The van der Waals surface area contributed by atoms with Crippen LogP contribution in [0.25, 0.3) is 0 Å². The molecule has 1 aliphatic rings. The zero-order valence-electron chi connectivity index (χ0n) is 11.4. The topological polar surface area (TPSA) is 41.9 Å². The van der Waals surface area contributed by atoms with E-state index in [1.54, 1.807) is 7.11 Å². The van der Waals surface area contributed by atoms with Crippen LogP contribution in [0, 0.1) is 0 Å². The van der Waals surface area contributed by atoms with Crippen molar-refractivity contribution in [3.63, 3.8) is 0 Å². The fraction of sp³-hybridized carbons (Fsp3) is 1.00. The first-order valence-corrected chi connectivity index (χ1v) is 6.70. The lowest BCUT2D eigenvalue weighted by atomic mass is 10.1. The molecule has 3 unspecified atom stereocenters. The van der Waals surface area contributed by atoms with Crippen LogP contribution in [0.1, 0.15) is 33.1 Å². The van der Waals surface area contributed by atoms with Gasteiger partial charge in [0, 0.05) is 19.7 Å². The zero-order valence-corrected chi connectivity index (χ0v) is 11.4. The van der Waals surface area contributed by atoms with Crippen molar-refractivity contribution < 1.29 is 14.6 Å². The van der Waals surface area contributed by atoms with Gasteiger partial charge < -0.3 is 14.6 Å². The molecule has 4 nitrogen and oxygen atoms in total. The molecule has 0 amide bonds. The third kappa shape index (κ3) is 5.34. The first kappa shape index (κ1) is 14.9. The van der Waals surface area contributed by atoms with E-state index in [2.05, 4.69) is 11.8 Å². The smallest absolute Gasteiger partial charge is 0.0900 e. The molecule has 1 N–H and O–H groups in total. The van der Waals surface area contributed by atoms with Gasteiger partial charge in [-0.1, -0.05) is 6.92 Å². The van der Waals surface area contributed by atoms with Crippen LogP contribution in [0.15, 0.2) is 0 Å². The monoisotopic (exact) mass is 245 g/mol. The Labute approximate surface area is 105 Å². The Kier molecular flexibility index (Phi) is 7.04. The largest absolute Gasteiger partial charge is 0.389 e. The Hall–Kier alpha value is -0.160. The van der Waals surface area contributed by atoms with E-state index in [0.717, 1.165) is 13.1 Å². The van der Waals surface area contributed by atoms with Crippen LogP contribution in [0.2, 0.25) is 0 Å². The van der Waals surface area contributed by atoms with E-state index < -0.39 is 0 Å². The maximum absolute atomic E-state index is 9.93. The average molecular weight is 245 g/mol. The predicted octanol–water partition coefficient (Wildman–Crippen LogP) is 1.27. The van der Waals surface area contributed by atoms with Crippen LogP contribution in [0.4, 0.5) is 0 Å². The summed E-state index contributed by atoms with van der Waals surface area (Å²) in [4.78, 5) is 2.38. The third-order valence-electron chi connectivity index (χ3n) is 3.39. The van der Waals surface area contributed by atoms with E-state index in [0.29, 0.717) is 19.3 Å². The average Bonchev–Trinajstić information content (AvgIpc) is 2.74. The minimum absolute atomic E-state index is 0.0511. The molecular weight excluding hydrogens is 218 g/mol. The van der Waals surface area contributed by atoms with Gasteiger partial charge in [0.1, 0.15) is 0 Å². The Bertz CT molecular complexity index is 201. The Morgan fingerprint density at radius 2 is 2.18 bits per heavy atom. The lowest BCUT2D eigenvalue weighted by Crippen LogP contribution is -2.38. The van der Waals surface area contributed by atoms with E-state index >= 15 is 0 Å². The first-order valence-electron chi connectivity index (χ1n) is 6.70. The van der Waals surface area contributed by atoms with Crippen LogP contribution in [-0.4, -0.2) is 61.7 Å². The molecule has 17 heavy (non-hydrogen) atoms. The second-order valence-electron chi connectivity index (χ2n) is 4.95. The summed E-state index contributed by atoms with van der Waals surface area (Å²) in [7, 11) is 1.66. The highest BCUT2D eigenvalue weighted by Crippen LogP contribution is 2.19. The van der Waals surface area contributed by atoms with E-state index in [9.17, 15) is 5.11 Å². The van der Waals surface area contributed by atoms with Gasteiger partial charge in [-0.25, -0.2) is 0 Å². The van der Waals surface area contributed by atoms with Crippen molar-refractivity contribution in [2.75, 3.05) is 33.4 Å². The Morgan fingerprint density at radius 3 is 2.82 bits per heavy atom. The van der Waals surface area contributed by atoms with Gasteiger partial charge in [-0.05, 0) is 32.7 Å². The van der Waals surface area contributed by atoms with Crippen molar-refractivity contribution in [3.05, 3.63) is 0 Å². The summed E-state index contributed by atoms with van der Waals surface area (Å²) in [6.45, 7) is 7.00. The van der Waals surface area contributed by atoms with Gasteiger partial charge in [0.25, 0.3) is 0 Å². The molecule has 0 aromatic rings. The lowest BCUT2D eigenvalue weighted by molar-refractivity contribution is -0.0406. The molecule has 1 aliphatic heterocycles. The fourth-order valence-electron chi connectivity index (χ4n) is 2.48. The number of hydrogen-bond donors (Lipinski definition) is 1. The molecule has 0 bridgehead atoms. The number of ether oxygens (including phenoxy) is 2. The summed E-state index contributed by atoms with van der Waals surface area (Å²) < 4.78 is 10.5. The van der Waals surface area contributed by atoms with Crippen LogP contribution in [0.5, 0.6) is 0 Å². The maximum Gasteiger partial charge on any atom is 0.0900 e. The Balaban J connectivity index is 2.17. The van der Waals surface area contributed by atoms with E-state index in [4.69, 9.17) is 9.47 Å². The maximum atomic E-state index is 9.93. The molecule has 4 heteroatoms. The fourth-order valence-corrected chi connectivity index (χ4v) is 2.48. The second kappa shape index (κ2) is 8.03. The third-order valence-corrected chi connectivity index (χ3v) is 3.39. The first-order chi connectivity index (χ1) is 8.17. The Morgan fingerprint density at radius 1 is 1.41 bits per heavy atom. The summed E-state index contributed by atoms with van der Waals surface area (Å²) >= 11 is 0. The molecule has 0 spiro atoms. The molecule has 0 radical (unpaired) electrons. The summed E-state index contributed by atoms with van der Waals surface area (Å²) in [5.74, 6) is 0. The molecule has 0 aromatic heterocycles. The van der Waals surface area contributed by atoms with Gasteiger partial charge in [-0.3, -0.25) is 4.90 Å². The molecule has 1 fully saturated rings. The SMILES string of the molecule is CCC1CCCN1CC(O)COC(C)COC. The number of rotatable bonds is 8. The van der Waals surface area contributed by atoms with Crippen molar-refractivity contribution in [2.45, 2.75) is 51.4 Å². The molecule has 0 saturated carbocycles. The van der Waals surface area contributed by atoms with Crippen LogP contribution < -0.4 is 0 Å². The van der Waals surface area contributed by atoms with Gasteiger partial charge >= 0.3 is 0 Å². The van der Waals surface area contributed by atoms with Crippen LogP contribution >= 0.6 is 0 Å². The van der Waals surface area contributed by atoms with Gasteiger partial charge in [0.15, 0.2) is 0 Å². The van der Waals surface area contributed by atoms with E-state index in [1.165, 1.54) is 19.3 Å². The molecule has 0 aromatic carbocycles. The highest BCUT2D eigenvalue weighted by Gasteiger charge is 2.24. The van der Waals surface area contributed by atoms with E-state index in [-0.39, 0.29) is 12.2 Å². The molecule has 1 saturated heterocycles. The molecule has 0 aliphatic carbocycles. The number of methoxy groups -OCH3 is 1. The van der Waals surface area contributed by atoms with Crippen molar-refractivity contribution in [2.24, 2.45) is 0 Å². The van der Waals surface area contributed by atoms with Gasteiger partial charge in [0.2, 0.25) is 0 Å². The van der Waals surface area contributed by atoms with Gasteiger partial charge in [-0.2, -0.15) is 0 Å². The molecule has 1 rings (SSSR count). The quantitative estimate of drug-likeness (QED) is 0.699. The molecule has 102 valence electrons. The number of aliphatic hydroxyl groups excluding tert-OH is 1. The van der Waals surface area contributed by atoms with Crippen molar-refractivity contribution in [1.29, 1.82) is 0 Å². The predicted molar refractivity (Wildman–Crippen MR) is 68.2 cm³/mol. The zero-order chi connectivity index (χ0) is 12.7. The van der Waals surface area contributed by atoms with Gasteiger partial charge in [0.05, 0.1) is 25.4 Å². The minimum Gasteiger partial charge on any atom is -0.389 e. The van der Waals surface area contributed by atoms with Crippen molar-refractivity contribution in [1.82, 2.24) is 4.90 Å². The van der Waals surface area contributed by atoms with Crippen molar-refractivity contribution >= 4 is 0 Å². The summed E-state index contributed by atoms with van der Waals surface area (Å²) in [5.41, 5.74) is 0. The summed E-state index contributed by atoms with van der Waals surface area (Å²) in [6, 6.07) is 0.654. The number of aliphatic hydroxyl groups is 1. The molecule has 3 atom stereocenters. The number of nitrogens with zero attached hydrogens (tertiary/aromatic N) is 1. The molecular formula is C13H27NO3. The standard InChI is InChI=1S/C13H27NO3/c1-4-12-6-5-7-14(12)8-13(15)10-17-11(2)9-16-3/h11-13,15H,4-10H2,1-3H3. The van der Waals surface area contributed by atoms with Crippen LogP contribution in [0.3, 0.4) is 0 Å². The van der Waals surface area contributed by atoms with Crippen molar-refractivity contribution in [3.8, 4) is 0 Å². The summed E-state index contributed by atoms with van der Waals surface area (Å²) in [5, 5.41) is 9.93. The van der Waals surface area contributed by atoms with E-state index in [1.807, 2.05) is 6.92 Å². The number of hydrogen-bond acceptors (Lipinski definition) is 4. The lowest BCUT2D eigenvalue weighted by Gasteiger charge is -2.26. The highest BCUT2D eigenvalue weighted by molar-refractivity contribution is 4.79. The number of likely N-dealkylation sites (tertiary alicyclic amines) is 1. The molecule has 1 heterocycles. The minimum atomic E-state index is -0.388. The second-order valence-corrected chi connectivity index (χ2v) is 4.95. The normalized spacial score (nSPS) is 25.1. The van der Waals surface area contributed by atoms with Gasteiger partial charge in [-0.15, -0.1) is 0 Å². The van der Waals surface area contributed by atoms with Crippen LogP contribution in [-0.2, 0) is 9.47 Å². The number of β-amino-alcohol motifs (C(OH)–C–C–N with tert-alkyl or cyclic N) is 1. The highest BCUT2D eigenvalue weighted by atomic mass is 16.5.